The van der Waals surface area contributed by atoms with Crippen LogP contribution in [0.2, 0.25) is 0 Å². The standard InChI is InChI=1S/C14H18N2O2/c1-9(15-10(2)17)14(18)16-13-8-12(13)11-6-4-3-5-7-11/h3-7,9,12-13H,8H2,1-2H3,(H,15,17)(H,16,18)/t9-,12-,13+/m1/s1. The summed E-state index contributed by atoms with van der Waals surface area (Å²) in [5.41, 5.74) is 1.26. The number of carbonyl (C=O) groups is 2. The summed E-state index contributed by atoms with van der Waals surface area (Å²) in [6.45, 7) is 3.10. The van der Waals surface area contributed by atoms with Crippen molar-refractivity contribution in [2.24, 2.45) is 0 Å². The van der Waals surface area contributed by atoms with Crippen LogP contribution in [0, 0.1) is 0 Å². The highest BCUT2D eigenvalue weighted by molar-refractivity contribution is 5.86. The lowest BCUT2D eigenvalue weighted by Gasteiger charge is -2.12. The molecule has 1 saturated carbocycles. The summed E-state index contributed by atoms with van der Waals surface area (Å²) >= 11 is 0. The summed E-state index contributed by atoms with van der Waals surface area (Å²) in [5.74, 6) is 0.112. The zero-order chi connectivity index (χ0) is 13.1. The average molecular weight is 246 g/mol. The molecule has 4 heteroatoms. The predicted octanol–water partition coefficient (Wildman–Crippen LogP) is 1.18. The highest BCUT2D eigenvalue weighted by Gasteiger charge is 2.39. The van der Waals surface area contributed by atoms with E-state index in [0.717, 1.165) is 6.42 Å². The quantitative estimate of drug-likeness (QED) is 0.838. The lowest BCUT2D eigenvalue weighted by Crippen LogP contribution is -2.45. The Balaban J connectivity index is 1.83. The number of hydrogen-bond donors (Lipinski definition) is 2. The van der Waals surface area contributed by atoms with Crippen molar-refractivity contribution in [2.75, 3.05) is 0 Å². The van der Waals surface area contributed by atoms with Crippen LogP contribution in [0.4, 0.5) is 0 Å². The Hall–Kier alpha value is -1.84. The van der Waals surface area contributed by atoms with Crippen LogP contribution in [0.15, 0.2) is 30.3 Å². The van der Waals surface area contributed by atoms with Crippen molar-refractivity contribution >= 4 is 11.8 Å². The second-order valence-electron chi connectivity index (χ2n) is 4.79. The minimum Gasteiger partial charge on any atom is -0.351 e. The molecule has 0 radical (unpaired) electrons. The Kier molecular flexibility index (Phi) is 3.65. The largest absolute Gasteiger partial charge is 0.351 e. The molecule has 0 spiro atoms. The van der Waals surface area contributed by atoms with Crippen LogP contribution in [-0.2, 0) is 9.59 Å². The first-order chi connectivity index (χ1) is 8.58. The number of carbonyl (C=O) groups excluding carboxylic acids is 2. The van der Waals surface area contributed by atoms with Crippen molar-refractivity contribution < 1.29 is 9.59 Å². The third kappa shape index (κ3) is 3.09. The zero-order valence-corrected chi connectivity index (χ0v) is 10.6. The molecule has 0 heterocycles. The van der Waals surface area contributed by atoms with Gasteiger partial charge in [-0.05, 0) is 18.9 Å². The van der Waals surface area contributed by atoms with Gasteiger partial charge in [0, 0.05) is 18.9 Å². The molecule has 2 N–H and O–H groups in total. The molecule has 1 aliphatic carbocycles. The van der Waals surface area contributed by atoms with Crippen molar-refractivity contribution in [3.63, 3.8) is 0 Å². The SMILES string of the molecule is CC(=O)N[C@H](C)C(=O)N[C@H]1C[C@@H]1c1ccccc1. The van der Waals surface area contributed by atoms with Gasteiger partial charge in [0.1, 0.15) is 6.04 Å². The van der Waals surface area contributed by atoms with E-state index in [4.69, 9.17) is 0 Å². The Labute approximate surface area is 107 Å². The van der Waals surface area contributed by atoms with Gasteiger partial charge in [0.15, 0.2) is 0 Å². The third-order valence-electron chi connectivity index (χ3n) is 3.16. The van der Waals surface area contributed by atoms with E-state index >= 15 is 0 Å². The fourth-order valence-corrected chi connectivity index (χ4v) is 2.10. The normalized spacial score (nSPS) is 23.0. The molecule has 0 aliphatic heterocycles. The van der Waals surface area contributed by atoms with E-state index in [2.05, 4.69) is 22.8 Å². The Morgan fingerprint density at radius 3 is 2.56 bits per heavy atom. The average Bonchev–Trinajstić information content (AvgIpc) is 3.08. The maximum atomic E-state index is 11.8. The maximum absolute atomic E-state index is 11.8. The molecule has 0 aromatic heterocycles. The summed E-state index contributed by atoms with van der Waals surface area (Å²) in [5, 5.41) is 5.53. The van der Waals surface area contributed by atoms with E-state index < -0.39 is 6.04 Å². The van der Waals surface area contributed by atoms with Gasteiger partial charge in [-0.2, -0.15) is 0 Å². The number of benzene rings is 1. The van der Waals surface area contributed by atoms with Gasteiger partial charge in [-0.15, -0.1) is 0 Å². The van der Waals surface area contributed by atoms with Gasteiger partial charge in [-0.3, -0.25) is 9.59 Å². The van der Waals surface area contributed by atoms with Crippen LogP contribution in [0.3, 0.4) is 0 Å². The van der Waals surface area contributed by atoms with E-state index in [1.54, 1.807) is 6.92 Å². The molecule has 1 aliphatic rings. The van der Waals surface area contributed by atoms with Gasteiger partial charge in [-0.25, -0.2) is 0 Å². The molecule has 2 rings (SSSR count). The maximum Gasteiger partial charge on any atom is 0.242 e. The zero-order valence-electron chi connectivity index (χ0n) is 10.6. The van der Waals surface area contributed by atoms with Gasteiger partial charge in [-0.1, -0.05) is 30.3 Å². The first-order valence-corrected chi connectivity index (χ1v) is 6.20. The lowest BCUT2D eigenvalue weighted by molar-refractivity contribution is -0.127. The fourth-order valence-electron chi connectivity index (χ4n) is 2.10. The van der Waals surface area contributed by atoms with Crippen LogP contribution in [0.5, 0.6) is 0 Å². The van der Waals surface area contributed by atoms with Crippen LogP contribution < -0.4 is 10.6 Å². The monoisotopic (exact) mass is 246 g/mol. The third-order valence-corrected chi connectivity index (χ3v) is 3.16. The molecule has 1 aromatic carbocycles. The van der Waals surface area contributed by atoms with Crippen molar-refractivity contribution in [1.29, 1.82) is 0 Å². The summed E-state index contributed by atoms with van der Waals surface area (Å²) < 4.78 is 0. The van der Waals surface area contributed by atoms with E-state index in [1.807, 2.05) is 18.2 Å². The molecular weight excluding hydrogens is 228 g/mol. The van der Waals surface area contributed by atoms with Gasteiger partial charge < -0.3 is 10.6 Å². The predicted molar refractivity (Wildman–Crippen MR) is 69.0 cm³/mol. The molecule has 96 valence electrons. The Morgan fingerprint density at radius 1 is 1.28 bits per heavy atom. The topological polar surface area (TPSA) is 58.2 Å². The minimum absolute atomic E-state index is 0.117. The van der Waals surface area contributed by atoms with Crippen LogP contribution in [-0.4, -0.2) is 23.9 Å². The molecule has 18 heavy (non-hydrogen) atoms. The first kappa shape index (κ1) is 12.6. The number of rotatable bonds is 4. The van der Waals surface area contributed by atoms with Crippen LogP contribution >= 0.6 is 0 Å². The van der Waals surface area contributed by atoms with E-state index in [0.29, 0.717) is 5.92 Å². The lowest BCUT2D eigenvalue weighted by atomic mass is 10.1. The molecule has 4 nitrogen and oxygen atoms in total. The van der Waals surface area contributed by atoms with Gasteiger partial charge >= 0.3 is 0 Å². The van der Waals surface area contributed by atoms with Crippen molar-refractivity contribution in [2.45, 2.75) is 38.3 Å². The second kappa shape index (κ2) is 5.21. The number of nitrogens with one attached hydrogen (secondary N) is 2. The van der Waals surface area contributed by atoms with E-state index in [1.165, 1.54) is 12.5 Å². The Morgan fingerprint density at radius 2 is 1.94 bits per heavy atom. The summed E-state index contributed by atoms with van der Waals surface area (Å²) in [4.78, 5) is 22.6. The summed E-state index contributed by atoms with van der Waals surface area (Å²) in [6.07, 6.45) is 0.975. The van der Waals surface area contributed by atoms with Crippen molar-refractivity contribution in [3.05, 3.63) is 35.9 Å². The molecule has 2 amide bonds. The summed E-state index contributed by atoms with van der Waals surface area (Å²) in [6, 6.07) is 9.88. The first-order valence-electron chi connectivity index (χ1n) is 6.20. The minimum atomic E-state index is -0.473. The molecule has 1 fully saturated rings. The van der Waals surface area contributed by atoms with Gasteiger partial charge in [0.2, 0.25) is 11.8 Å². The van der Waals surface area contributed by atoms with Crippen LogP contribution in [0.25, 0.3) is 0 Å². The fraction of sp³-hybridized carbons (Fsp3) is 0.429. The molecule has 1 aromatic rings. The van der Waals surface area contributed by atoms with Crippen molar-refractivity contribution in [3.8, 4) is 0 Å². The van der Waals surface area contributed by atoms with E-state index in [-0.39, 0.29) is 17.9 Å². The van der Waals surface area contributed by atoms with Gasteiger partial charge in [0.05, 0.1) is 0 Å². The smallest absolute Gasteiger partial charge is 0.242 e. The molecule has 3 atom stereocenters. The molecular formula is C14H18N2O2. The number of hydrogen-bond acceptors (Lipinski definition) is 2. The van der Waals surface area contributed by atoms with Crippen LogP contribution in [0.1, 0.15) is 31.7 Å². The van der Waals surface area contributed by atoms with Crippen molar-refractivity contribution in [1.82, 2.24) is 10.6 Å². The highest BCUT2D eigenvalue weighted by atomic mass is 16.2. The van der Waals surface area contributed by atoms with Gasteiger partial charge in [0.25, 0.3) is 0 Å². The molecule has 0 bridgehead atoms. The highest BCUT2D eigenvalue weighted by Crippen LogP contribution is 2.40. The molecule has 0 unspecified atom stereocenters. The van der Waals surface area contributed by atoms with E-state index in [9.17, 15) is 9.59 Å². The molecule has 0 saturated heterocycles. The Bertz CT molecular complexity index is 444. The second-order valence-corrected chi connectivity index (χ2v) is 4.79. The summed E-state index contributed by atoms with van der Waals surface area (Å²) in [7, 11) is 0. The number of amides is 2.